The molecule has 0 aliphatic heterocycles. The fourth-order valence-corrected chi connectivity index (χ4v) is 4.14. The van der Waals surface area contributed by atoms with Crippen LogP contribution in [0, 0.1) is 13.8 Å². The van der Waals surface area contributed by atoms with Crippen molar-refractivity contribution >= 4 is 21.6 Å². The molecular weight excluding hydrogens is 414 g/mol. The molecule has 0 fully saturated rings. The first-order chi connectivity index (χ1) is 14.8. The van der Waals surface area contributed by atoms with E-state index in [1.165, 1.54) is 6.20 Å². The molecule has 0 spiro atoms. The molecule has 3 aromatic rings. The van der Waals surface area contributed by atoms with Gasteiger partial charge >= 0.3 is 0 Å². The Labute approximate surface area is 181 Å². The zero-order chi connectivity index (χ0) is 22.4. The number of nitrogens with one attached hydrogen (secondary N) is 2. The summed E-state index contributed by atoms with van der Waals surface area (Å²) >= 11 is 0. The predicted molar refractivity (Wildman–Crippen MR) is 120 cm³/mol. The van der Waals surface area contributed by atoms with E-state index in [1.54, 1.807) is 61.5 Å². The Morgan fingerprint density at radius 1 is 1.10 bits per heavy atom. The minimum atomic E-state index is -3.73. The normalized spacial score (nSPS) is 10.9. The predicted octanol–water partition coefficient (Wildman–Crippen LogP) is 4.21. The number of aryl methyl sites for hydroxylation is 2. The van der Waals surface area contributed by atoms with Gasteiger partial charge in [0.05, 0.1) is 16.8 Å². The number of hydrogen-bond donors (Lipinski definition) is 2. The summed E-state index contributed by atoms with van der Waals surface area (Å²) in [5.41, 5.74) is 2.34. The molecule has 0 aliphatic carbocycles. The lowest BCUT2D eigenvalue weighted by atomic mass is 10.2. The number of anilines is 1. The number of pyridine rings is 1. The maximum atomic E-state index is 12.7. The van der Waals surface area contributed by atoms with Gasteiger partial charge in [-0.1, -0.05) is 18.2 Å². The average molecular weight is 438 g/mol. The van der Waals surface area contributed by atoms with Crippen LogP contribution in [0.25, 0.3) is 0 Å². The van der Waals surface area contributed by atoms with E-state index < -0.39 is 10.0 Å². The van der Waals surface area contributed by atoms with Crippen molar-refractivity contribution in [3.05, 3.63) is 90.1 Å². The van der Waals surface area contributed by atoms with Crippen molar-refractivity contribution in [3.8, 4) is 11.6 Å². The number of ether oxygens (including phenoxy) is 1. The second kappa shape index (κ2) is 9.44. The molecule has 0 unspecified atom stereocenters. The fraction of sp³-hybridized carbons (Fsp3) is 0.130. The van der Waals surface area contributed by atoms with Gasteiger partial charge in [0.2, 0.25) is 5.88 Å². The molecular formula is C23H23N3O4S. The van der Waals surface area contributed by atoms with Gasteiger partial charge in [0.1, 0.15) is 5.75 Å². The lowest BCUT2D eigenvalue weighted by Gasteiger charge is -2.11. The van der Waals surface area contributed by atoms with Gasteiger partial charge < -0.3 is 10.1 Å². The zero-order valence-corrected chi connectivity index (χ0v) is 18.1. The van der Waals surface area contributed by atoms with Gasteiger partial charge in [-0.25, -0.2) is 13.4 Å². The van der Waals surface area contributed by atoms with E-state index in [1.807, 2.05) is 13.0 Å². The molecule has 2 N–H and O–H groups in total. The maximum Gasteiger partial charge on any atom is 0.262 e. The number of amides is 1. The number of carbonyl (C=O) groups excluding carboxylic acids is 1. The van der Waals surface area contributed by atoms with Crippen LogP contribution in [0.1, 0.15) is 21.5 Å². The molecule has 3 rings (SSSR count). The number of hydrogen-bond acceptors (Lipinski definition) is 5. The summed E-state index contributed by atoms with van der Waals surface area (Å²) in [4.78, 5) is 16.3. The minimum absolute atomic E-state index is 0.204. The van der Waals surface area contributed by atoms with E-state index in [0.717, 1.165) is 5.56 Å². The van der Waals surface area contributed by atoms with Crippen LogP contribution in [-0.2, 0) is 10.0 Å². The highest BCUT2D eigenvalue weighted by molar-refractivity contribution is 7.92. The van der Waals surface area contributed by atoms with E-state index in [0.29, 0.717) is 35.0 Å². The highest BCUT2D eigenvalue weighted by Crippen LogP contribution is 2.23. The van der Waals surface area contributed by atoms with Crippen LogP contribution in [0.4, 0.5) is 5.69 Å². The number of benzene rings is 2. The zero-order valence-electron chi connectivity index (χ0n) is 17.3. The second-order valence-corrected chi connectivity index (χ2v) is 8.54. The van der Waals surface area contributed by atoms with Crippen LogP contribution in [-0.4, -0.2) is 25.9 Å². The number of rotatable bonds is 8. The van der Waals surface area contributed by atoms with E-state index in [2.05, 4.69) is 21.6 Å². The lowest BCUT2D eigenvalue weighted by molar-refractivity contribution is 0.0958. The third-order valence-corrected chi connectivity index (χ3v) is 5.89. The van der Waals surface area contributed by atoms with Gasteiger partial charge in [-0.15, -0.1) is 6.58 Å². The molecule has 0 saturated heterocycles. The molecule has 0 bridgehead atoms. The SMILES string of the molecule is C=CCNC(=O)c1ccc(Oc2ccc(NS(=O)(=O)c3cc(C)ccc3C)cn2)cc1. The Morgan fingerprint density at radius 2 is 1.84 bits per heavy atom. The molecule has 2 aromatic carbocycles. The third kappa shape index (κ3) is 5.70. The largest absolute Gasteiger partial charge is 0.439 e. The summed E-state index contributed by atoms with van der Waals surface area (Å²) in [6.07, 6.45) is 2.99. The van der Waals surface area contributed by atoms with Crippen molar-refractivity contribution in [2.45, 2.75) is 18.7 Å². The summed E-state index contributed by atoms with van der Waals surface area (Å²) in [7, 11) is -3.73. The quantitative estimate of drug-likeness (QED) is 0.515. The number of carbonyl (C=O) groups is 1. The smallest absolute Gasteiger partial charge is 0.262 e. The summed E-state index contributed by atoms with van der Waals surface area (Å²) in [6, 6.07) is 15.0. The average Bonchev–Trinajstić information content (AvgIpc) is 2.75. The van der Waals surface area contributed by atoms with E-state index in [-0.39, 0.29) is 10.8 Å². The Kier molecular flexibility index (Phi) is 6.71. The van der Waals surface area contributed by atoms with Crippen molar-refractivity contribution in [1.29, 1.82) is 0 Å². The molecule has 0 atom stereocenters. The summed E-state index contributed by atoms with van der Waals surface area (Å²) in [5.74, 6) is 0.583. The van der Waals surface area contributed by atoms with Crippen molar-refractivity contribution < 1.29 is 17.9 Å². The van der Waals surface area contributed by atoms with Crippen LogP contribution in [0.15, 0.2) is 78.3 Å². The monoisotopic (exact) mass is 437 g/mol. The molecule has 1 amide bonds. The van der Waals surface area contributed by atoms with E-state index in [4.69, 9.17) is 4.74 Å². The lowest BCUT2D eigenvalue weighted by Crippen LogP contribution is -2.22. The Bertz CT molecular complexity index is 1190. The molecule has 0 saturated carbocycles. The van der Waals surface area contributed by atoms with Gasteiger partial charge in [0, 0.05) is 18.2 Å². The van der Waals surface area contributed by atoms with Crippen LogP contribution in [0.3, 0.4) is 0 Å². The van der Waals surface area contributed by atoms with Crippen molar-refractivity contribution in [2.24, 2.45) is 0 Å². The molecule has 0 radical (unpaired) electrons. The summed E-state index contributed by atoms with van der Waals surface area (Å²) in [6.45, 7) is 7.53. The number of nitrogens with zero attached hydrogens (tertiary/aromatic N) is 1. The van der Waals surface area contributed by atoms with Gasteiger partial charge in [0.15, 0.2) is 0 Å². The van der Waals surface area contributed by atoms with Gasteiger partial charge in [-0.05, 0) is 61.4 Å². The molecule has 1 heterocycles. The molecule has 7 nitrogen and oxygen atoms in total. The minimum Gasteiger partial charge on any atom is -0.439 e. The first kappa shape index (κ1) is 22.0. The van der Waals surface area contributed by atoms with Crippen molar-refractivity contribution in [1.82, 2.24) is 10.3 Å². The Hall–Kier alpha value is -3.65. The van der Waals surface area contributed by atoms with E-state index in [9.17, 15) is 13.2 Å². The van der Waals surface area contributed by atoms with E-state index >= 15 is 0 Å². The molecule has 1 aromatic heterocycles. The van der Waals surface area contributed by atoms with Crippen LogP contribution in [0.2, 0.25) is 0 Å². The first-order valence-corrected chi connectivity index (χ1v) is 11.0. The van der Waals surface area contributed by atoms with Crippen molar-refractivity contribution in [2.75, 3.05) is 11.3 Å². The third-order valence-electron chi connectivity index (χ3n) is 4.37. The molecule has 31 heavy (non-hydrogen) atoms. The first-order valence-electron chi connectivity index (χ1n) is 9.51. The van der Waals surface area contributed by atoms with Gasteiger partial charge in [-0.2, -0.15) is 0 Å². The van der Waals surface area contributed by atoms with Gasteiger partial charge in [-0.3, -0.25) is 9.52 Å². The van der Waals surface area contributed by atoms with Gasteiger partial charge in [0.25, 0.3) is 15.9 Å². The Balaban J connectivity index is 1.67. The summed E-state index contributed by atoms with van der Waals surface area (Å²) in [5, 5.41) is 2.69. The second-order valence-electron chi connectivity index (χ2n) is 6.88. The molecule has 0 aliphatic rings. The van der Waals surface area contributed by atoms with Crippen LogP contribution in [0.5, 0.6) is 11.6 Å². The number of sulfonamides is 1. The van der Waals surface area contributed by atoms with Crippen LogP contribution < -0.4 is 14.8 Å². The number of aromatic nitrogens is 1. The molecule has 160 valence electrons. The fourth-order valence-electron chi connectivity index (χ4n) is 2.77. The summed E-state index contributed by atoms with van der Waals surface area (Å²) < 4.78 is 33.6. The Morgan fingerprint density at radius 3 is 2.48 bits per heavy atom. The maximum absolute atomic E-state index is 12.7. The standard InChI is InChI=1S/C23H23N3O4S/c1-4-13-24-23(27)18-7-10-20(11-8-18)30-22-12-9-19(15-25-22)26-31(28,29)21-14-16(2)5-6-17(21)3/h4-12,14-15,26H,1,13H2,2-3H3,(H,24,27). The molecule has 8 heteroatoms. The van der Waals surface area contributed by atoms with Crippen LogP contribution >= 0.6 is 0 Å². The van der Waals surface area contributed by atoms with Crippen molar-refractivity contribution in [3.63, 3.8) is 0 Å². The topological polar surface area (TPSA) is 97.4 Å². The highest BCUT2D eigenvalue weighted by Gasteiger charge is 2.17. The highest BCUT2D eigenvalue weighted by atomic mass is 32.2.